The van der Waals surface area contributed by atoms with Crippen LogP contribution in [-0.4, -0.2) is 49.8 Å². The fraction of sp³-hybridized carbons (Fsp3) is 0.265. The second kappa shape index (κ2) is 20.1. The van der Waals surface area contributed by atoms with Crippen molar-refractivity contribution in [2.45, 2.75) is 38.5 Å². The highest BCUT2D eigenvalue weighted by molar-refractivity contribution is 5.55. The molecule has 0 amide bonds. The quantitative estimate of drug-likeness (QED) is 0.0751. The summed E-state index contributed by atoms with van der Waals surface area (Å²) in [5.41, 5.74) is 6.53. The summed E-state index contributed by atoms with van der Waals surface area (Å²) >= 11 is 0. The highest BCUT2D eigenvalue weighted by atomic mass is 16.5. The fourth-order valence-corrected chi connectivity index (χ4v) is 6.82. The summed E-state index contributed by atoms with van der Waals surface area (Å²) in [7, 11) is 11.6. The van der Waals surface area contributed by atoms with Gasteiger partial charge in [-0.3, -0.25) is 0 Å². The first-order valence-electron chi connectivity index (χ1n) is 19.2. The largest absolute Gasteiger partial charge is 0.497 e. The maximum Gasteiger partial charge on any atom is 0.169 e. The van der Waals surface area contributed by atoms with E-state index in [0.717, 1.165) is 89.5 Å². The summed E-state index contributed by atoms with van der Waals surface area (Å²) in [4.78, 5) is 0. The average Bonchev–Trinajstić information content (AvgIpc) is 3.27. The van der Waals surface area contributed by atoms with Crippen LogP contribution in [0.5, 0.6) is 63.2 Å². The third kappa shape index (κ3) is 10.7. The molecule has 0 heterocycles. The maximum atomic E-state index is 6.69. The molecule has 6 rings (SSSR count). The van der Waals surface area contributed by atoms with Crippen LogP contribution in [0.15, 0.2) is 115 Å². The van der Waals surface area contributed by atoms with Crippen LogP contribution in [-0.2, 0) is 38.5 Å². The van der Waals surface area contributed by atoms with Gasteiger partial charge in [-0.05, 0) is 133 Å². The van der Waals surface area contributed by atoms with Gasteiger partial charge in [0.25, 0.3) is 0 Å². The fourth-order valence-electron chi connectivity index (χ4n) is 6.82. The first kappa shape index (κ1) is 41.2. The Morgan fingerprint density at radius 2 is 0.690 bits per heavy atom. The molecule has 0 saturated carbocycles. The number of hydrogen-bond donors (Lipinski definition) is 0. The van der Waals surface area contributed by atoms with E-state index >= 15 is 0 Å². The van der Waals surface area contributed by atoms with E-state index in [4.69, 9.17) is 42.6 Å². The lowest BCUT2D eigenvalue weighted by molar-refractivity contribution is 0.362. The van der Waals surface area contributed by atoms with E-state index in [2.05, 4.69) is 36.4 Å². The van der Waals surface area contributed by atoms with Gasteiger partial charge in [0, 0.05) is 18.2 Å². The van der Waals surface area contributed by atoms with Crippen LogP contribution in [0.4, 0.5) is 0 Å². The molecule has 0 aliphatic rings. The van der Waals surface area contributed by atoms with Crippen LogP contribution in [0.2, 0.25) is 0 Å². The van der Waals surface area contributed by atoms with Crippen LogP contribution in [0.25, 0.3) is 0 Å². The first-order chi connectivity index (χ1) is 28.3. The second-order valence-corrected chi connectivity index (χ2v) is 13.7. The number of hydrogen-bond acceptors (Lipinski definition) is 9. The van der Waals surface area contributed by atoms with Gasteiger partial charge in [0.15, 0.2) is 23.0 Å². The normalized spacial score (nSPS) is 10.7. The summed E-state index contributed by atoms with van der Waals surface area (Å²) in [6.07, 6.45) is 4.56. The third-order valence-electron chi connectivity index (χ3n) is 10.0. The molecule has 6 aromatic rings. The lowest BCUT2D eigenvalue weighted by atomic mass is 10.0. The smallest absolute Gasteiger partial charge is 0.169 e. The molecular formula is C49H52O9. The Hall–Kier alpha value is -6.48. The Labute approximate surface area is 341 Å². The van der Waals surface area contributed by atoms with Crippen LogP contribution < -0.4 is 42.6 Å². The number of methoxy groups -OCH3 is 7. The summed E-state index contributed by atoms with van der Waals surface area (Å²) < 4.78 is 52.8. The van der Waals surface area contributed by atoms with E-state index in [-0.39, 0.29) is 0 Å². The van der Waals surface area contributed by atoms with E-state index < -0.39 is 0 Å². The molecule has 0 atom stereocenters. The van der Waals surface area contributed by atoms with Crippen molar-refractivity contribution in [1.29, 1.82) is 0 Å². The van der Waals surface area contributed by atoms with Crippen molar-refractivity contribution in [2.24, 2.45) is 0 Å². The van der Waals surface area contributed by atoms with Crippen LogP contribution in [0.1, 0.15) is 33.4 Å². The highest BCUT2D eigenvalue weighted by Gasteiger charge is 2.18. The average molecular weight is 785 g/mol. The lowest BCUT2D eigenvalue weighted by Gasteiger charge is -2.18. The Balaban J connectivity index is 1.32. The molecule has 0 N–H and O–H groups in total. The van der Waals surface area contributed by atoms with Gasteiger partial charge in [0.2, 0.25) is 0 Å². The van der Waals surface area contributed by atoms with Gasteiger partial charge in [-0.25, -0.2) is 0 Å². The summed E-state index contributed by atoms with van der Waals surface area (Å²) in [6.45, 7) is 0. The summed E-state index contributed by atoms with van der Waals surface area (Å²) in [6, 6.07) is 38.0. The number of aryl methyl sites for hydroxylation is 6. The number of rotatable bonds is 20. The molecule has 9 heteroatoms. The van der Waals surface area contributed by atoms with Crippen molar-refractivity contribution in [2.75, 3.05) is 49.8 Å². The molecule has 58 heavy (non-hydrogen) atoms. The predicted octanol–water partition coefficient (Wildman–Crippen LogP) is 10.7. The lowest BCUT2D eigenvalue weighted by Crippen LogP contribution is -2.01. The van der Waals surface area contributed by atoms with E-state index in [1.54, 1.807) is 49.8 Å². The zero-order chi connectivity index (χ0) is 40.9. The van der Waals surface area contributed by atoms with Gasteiger partial charge in [-0.15, -0.1) is 0 Å². The Kier molecular flexibility index (Phi) is 14.3. The van der Waals surface area contributed by atoms with Gasteiger partial charge < -0.3 is 42.6 Å². The molecule has 0 spiro atoms. The van der Waals surface area contributed by atoms with Crippen molar-refractivity contribution in [3.8, 4) is 63.2 Å². The molecule has 0 aromatic heterocycles. The number of benzene rings is 6. The molecule has 0 bridgehead atoms. The standard InChI is InChI=1S/C49H52O9/c1-50-39-21-15-33(16-22-39)13-19-37-28-48(46(55-6)31-44(37)53-4)57-42-26-36(12-11-35-9-8-10-41(25-35)52-3)27-43(30-42)58-49-29-38(45(54-5)32-47(49)56-7)20-14-34-17-23-40(51-2)24-18-34/h8-10,15-18,21-32H,11-14,19-20H2,1-7H3. The van der Waals surface area contributed by atoms with Crippen molar-refractivity contribution >= 4 is 0 Å². The molecule has 9 nitrogen and oxygen atoms in total. The van der Waals surface area contributed by atoms with Crippen LogP contribution in [0, 0.1) is 0 Å². The molecule has 6 aromatic carbocycles. The van der Waals surface area contributed by atoms with Crippen molar-refractivity contribution in [3.05, 3.63) is 149 Å². The molecule has 0 aliphatic heterocycles. The minimum Gasteiger partial charge on any atom is -0.497 e. The van der Waals surface area contributed by atoms with Crippen LogP contribution >= 0.6 is 0 Å². The topological polar surface area (TPSA) is 83.1 Å². The van der Waals surface area contributed by atoms with Gasteiger partial charge >= 0.3 is 0 Å². The summed E-state index contributed by atoms with van der Waals surface area (Å²) in [5, 5.41) is 0. The van der Waals surface area contributed by atoms with Gasteiger partial charge in [0.1, 0.15) is 40.2 Å². The molecule has 302 valence electrons. The molecular weight excluding hydrogens is 733 g/mol. The van der Waals surface area contributed by atoms with E-state index in [9.17, 15) is 0 Å². The van der Waals surface area contributed by atoms with E-state index in [1.807, 2.05) is 78.9 Å². The monoisotopic (exact) mass is 784 g/mol. The molecule has 0 unspecified atom stereocenters. The van der Waals surface area contributed by atoms with Crippen molar-refractivity contribution < 1.29 is 42.6 Å². The summed E-state index contributed by atoms with van der Waals surface area (Å²) in [5.74, 6) is 7.33. The zero-order valence-corrected chi connectivity index (χ0v) is 34.4. The Bertz CT molecular complexity index is 2120. The Morgan fingerprint density at radius 3 is 1.12 bits per heavy atom. The van der Waals surface area contributed by atoms with Gasteiger partial charge in [0.05, 0.1) is 49.8 Å². The van der Waals surface area contributed by atoms with E-state index in [1.165, 1.54) is 11.1 Å². The molecule has 0 saturated heterocycles. The third-order valence-corrected chi connectivity index (χ3v) is 10.0. The number of ether oxygens (including phenoxy) is 9. The maximum absolute atomic E-state index is 6.69. The minimum absolute atomic E-state index is 0.549. The van der Waals surface area contributed by atoms with Crippen molar-refractivity contribution in [1.82, 2.24) is 0 Å². The Morgan fingerprint density at radius 1 is 0.276 bits per heavy atom. The SMILES string of the molecule is COc1ccc(CCc2cc(Oc3cc(CCc4cccc(OC)c4)cc(Oc4cc(CCc5ccc(OC)cc5)c(OC)cc4OC)c3)c(OC)cc2OC)cc1. The van der Waals surface area contributed by atoms with Crippen LogP contribution in [0.3, 0.4) is 0 Å². The minimum atomic E-state index is 0.549. The van der Waals surface area contributed by atoms with Gasteiger partial charge in [-0.2, -0.15) is 0 Å². The highest BCUT2D eigenvalue weighted by Crippen LogP contribution is 2.42. The van der Waals surface area contributed by atoms with E-state index in [0.29, 0.717) is 34.5 Å². The van der Waals surface area contributed by atoms with Crippen molar-refractivity contribution in [3.63, 3.8) is 0 Å². The van der Waals surface area contributed by atoms with Gasteiger partial charge in [-0.1, -0.05) is 36.4 Å². The molecule has 0 fully saturated rings. The molecule has 0 aliphatic carbocycles. The second-order valence-electron chi connectivity index (χ2n) is 13.7. The zero-order valence-electron chi connectivity index (χ0n) is 34.4. The predicted molar refractivity (Wildman–Crippen MR) is 227 cm³/mol. The molecule has 0 radical (unpaired) electrons. The first-order valence-corrected chi connectivity index (χ1v) is 19.2.